The molecule has 0 aromatic carbocycles. The van der Waals surface area contributed by atoms with Crippen LogP contribution in [0.5, 0.6) is 0 Å². The number of hydrogen-bond donors (Lipinski definition) is 0. The Morgan fingerprint density at radius 1 is 1.18 bits per heavy atom. The van der Waals surface area contributed by atoms with E-state index < -0.39 is 12.8 Å². The monoisotopic (exact) mass is 322 g/mol. The van der Waals surface area contributed by atoms with Gasteiger partial charge in [0.05, 0.1) is 13.0 Å². The van der Waals surface area contributed by atoms with Crippen LogP contribution in [0.2, 0.25) is 0 Å². The first-order valence-electron chi connectivity index (χ1n) is 8.10. The van der Waals surface area contributed by atoms with E-state index in [-0.39, 0.29) is 25.0 Å². The van der Waals surface area contributed by atoms with Crippen LogP contribution in [0, 0.1) is 0 Å². The third-order valence-corrected chi connectivity index (χ3v) is 4.61. The van der Waals surface area contributed by atoms with Gasteiger partial charge in [0.2, 0.25) is 5.91 Å². The number of ether oxygens (including phenoxy) is 1. The first-order valence-corrected chi connectivity index (χ1v) is 8.10. The van der Waals surface area contributed by atoms with Crippen molar-refractivity contribution in [3.8, 4) is 0 Å². The number of alkyl halides is 3. The summed E-state index contributed by atoms with van der Waals surface area (Å²) in [6.45, 7) is 3.47. The minimum absolute atomic E-state index is 0.0332. The predicted octanol–water partition coefficient (Wildman–Crippen LogP) is 2.43. The second kappa shape index (κ2) is 7.64. The molecule has 2 heterocycles. The van der Waals surface area contributed by atoms with Crippen LogP contribution in [0.25, 0.3) is 0 Å². The van der Waals surface area contributed by atoms with Crippen LogP contribution >= 0.6 is 0 Å². The summed E-state index contributed by atoms with van der Waals surface area (Å²) in [5.41, 5.74) is 0. The average molecular weight is 322 g/mol. The Labute approximate surface area is 129 Å². The Balaban J connectivity index is 1.81. The van der Waals surface area contributed by atoms with Gasteiger partial charge in [-0.25, -0.2) is 0 Å². The summed E-state index contributed by atoms with van der Waals surface area (Å²) in [5.74, 6) is -0.0763. The fourth-order valence-electron chi connectivity index (χ4n) is 3.67. The van der Waals surface area contributed by atoms with E-state index in [1.807, 2.05) is 4.90 Å². The quantitative estimate of drug-likeness (QED) is 0.704. The minimum Gasteiger partial charge on any atom is -0.372 e. The zero-order valence-corrected chi connectivity index (χ0v) is 13.1. The lowest BCUT2D eigenvalue weighted by molar-refractivity contribution is -0.175. The standard InChI is InChI=1S/C15H25F3N2O2/c1-2-19-8-3-5-12(19)13-6-4-9-20(13)14(21)7-10-22-11-15(16,17)18/h12-13H,2-11H2,1H3/t12-,13-/m0/s1. The molecule has 0 bridgehead atoms. The molecule has 2 saturated heterocycles. The van der Waals surface area contributed by atoms with Gasteiger partial charge in [0.25, 0.3) is 0 Å². The van der Waals surface area contributed by atoms with Crippen molar-refractivity contribution < 1.29 is 22.7 Å². The summed E-state index contributed by atoms with van der Waals surface area (Å²) in [4.78, 5) is 16.6. The lowest BCUT2D eigenvalue weighted by Crippen LogP contribution is -2.48. The van der Waals surface area contributed by atoms with Gasteiger partial charge < -0.3 is 9.64 Å². The molecule has 2 atom stereocenters. The summed E-state index contributed by atoms with van der Waals surface area (Å²) >= 11 is 0. The van der Waals surface area contributed by atoms with Crippen molar-refractivity contribution in [2.45, 2.75) is 57.3 Å². The number of amides is 1. The molecule has 0 aromatic rings. The third-order valence-electron chi connectivity index (χ3n) is 4.61. The van der Waals surface area contributed by atoms with Gasteiger partial charge in [0.1, 0.15) is 6.61 Å². The first-order chi connectivity index (χ1) is 10.4. The Kier molecular flexibility index (Phi) is 6.09. The molecule has 0 radical (unpaired) electrons. The zero-order chi connectivity index (χ0) is 16.2. The van der Waals surface area contributed by atoms with E-state index in [2.05, 4.69) is 16.6 Å². The summed E-state index contributed by atoms with van der Waals surface area (Å²) in [7, 11) is 0. The number of likely N-dealkylation sites (tertiary alicyclic amines) is 2. The molecule has 2 fully saturated rings. The highest BCUT2D eigenvalue weighted by molar-refractivity contribution is 5.77. The zero-order valence-electron chi connectivity index (χ0n) is 13.1. The molecule has 1 amide bonds. The number of carbonyl (C=O) groups excluding carboxylic acids is 1. The number of rotatable bonds is 6. The van der Waals surface area contributed by atoms with Crippen molar-refractivity contribution in [2.75, 3.05) is 32.8 Å². The van der Waals surface area contributed by atoms with Gasteiger partial charge in [-0.2, -0.15) is 13.2 Å². The molecule has 2 rings (SSSR count). The highest BCUT2D eigenvalue weighted by atomic mass is 19.4. The molecular formula is C15H25F3N2O2. The second-order valence-corrected chi connectivity index (χ2v) is 6.05. The largest absolute Gasteiger partial charge is 0.411 e. The molecule has 2 aliphatic rings. The van der Waals surface area contributed by atoms with Gasteiger partial charge in [-0.3, -0.25) is 9.69 Å². The van der Waals surface area contributed by atoms with Crippen molar-refractivity contribution in [3.05, 3.63) is 0 Å². The third kappa shape index (κ3) is 4.59. The molecule has 0 aliphatic carbocycles. The van der Waals surface area contributed by atoms with Crippen LogP contribution < -0.4 is 0 Å². The van der Waals surface area contributed by atoms with E-state index in [1.54, 1.807) is 0 Å². The van der Waals surface area contributed by atoms with Crippen LogP contribution in [-0.2, 0) is 9.53 Å². The highest BCUT2D eigenvalue weighted by Crippen LogP contribution is 2.30. The van der Waals surface area contributed by atoms with E-state index >= 15 is 0 Å². The SMILES string of the molecule is CCN1CCC[C@H]1[C@@H]1CCCN1C(=O)CCOCC(F)(F)F. The van der Waals surface area contributed by atoms with Gasteiger partial charge in [-0.05, 0) is 38.8 Å². The molecule has 0 saturated carbocycles. The van der Waals surface area contributed by atoms with Gasteiger partial charge in [-0.15, -0.1) is 0 Å². The highest BCUT2D eigenvalue weighted by Gasteiger charge is 2.38. The second-order valence-electron chi connectivity index (χ2n) is 6.05. The van der Waals surface area contributed by atoms with Crippen molar-refractivity contribution in [1.82, 2.24) is 9.80 Å². The van der Waals surface area contributed by atoms with Crippen LogP contribution in [0.4, 0.5) is 13.2 Å². The normalized spacial score (nSPS) is 26.8. The maximum absolute atomic E-state index is 12.3. The van der Waals surface area contributed by atoms with Crippen molar-refractivity contribution in [3.63, 3.8) is 0 Å². The van der Waals surface area contributed by atoms with E-state index in [0.717, 1.165) is 45.3 Å². The Hall–Kier alpha value is -0.820. The lowest BCUT2D eigenvalue weighted by atomic mass is 10.0. The summed E-state index contributed by atoms with van der Waals surface area (Å²) in [5, 5.41) is 0. The predicted molar refractivity (Wildman–Crippen MR) is 76.5 cm³/mol. The number of likely N-dealkylation sites (N-methyl/N-ethyl adjacent to an activating group) is 1. The maximum Gasteiger partial charge on any atom is 0.411 e. The van der Waals surface area contributed by atoms with E-state index in [1.165, 1.54) is 0 Å². The number of hydrogen-bond acceptors (Lipinski definition) is 3. The fraction of sp³-hybridized carbons (Fsp3) is 0.933. The molecule has 0 aromatic heterocycles. The molecule has 0 spiro atoms. The molecule has 4 nitrogen and oxygen atoms in total. The summed E-state index contributed by atoms with van der Waals surface area (Å²) in [6, 6.07) is 0.630. The number of carbonyl (C=O) groups is 1. The van der Waals surface area contributed by atoms with Crippen LogP contribution in [-0.4, -0.2) is 66.8 Å². The topological polar surface area (TPSA) is 32.8 Å². The van der Waals surface area contributed by atoms with Gasteiger partial charge >= 0.3 is 6.18 Å². The van der Waals surface area contributed by atoms with E-state index in [4.69, 9.17) is 0 Å². The van der Waals surface area contributed by atoms with Gasteiger partial charge in [0.15, 0.2) is 0 Å². The number of nitrogens with zero attached hydrogens (tertiary/aromatic N) is 2. The van der Waals surface area contributed by atoms with Crippen LogP contribution in [0.1, 0.15) is 39.0 Å². The molecule has 22 heavy (non-hydrogen) atoms. The van der Waals surface area contributed by atoms with Gasteiger partial charge in [0, 0.05) is 18.6 Å². The van der Waals surface area contributed by atoms with Crippen molar-refractivity contribution in [1.29, 1.82) is 0 Å². The Bertz CT molecular complexity index is 376. The first kappa shape index (κ1) is 17.5. The summed E-state index contributed by atoms with van der Waals surface area (Å²) < 4.78 is 40.6. The fourth-order valence-corrected chi connectivity index (χ4v) is 3.67. The van der Waals surface area contributed by atoms with Gasteiger partial charge in [-0.1, -0.05) is 6.92 Å². The van der Waals surface area contributed by atoms with Crippen LogP contribution in [0.15, 0.2) is 0 Å². The molecule has 0 N–H and O–H groups in total. The Morgan fingerprint density at radius 2 is 1.86 bits per heavy atom. The molecule has 2 aliphatic heterocycles. The minimum atomic E-state index is -4.33. The van der Waals surface area contributed by atoms with Crippen molar-refractivity contribution >= 4 is 5.91 Å². The molecular weight excluding hydrogens is 297 g/mol. The summed E-state index contributed by atoms with van der Waals surface area (Å²) in [6.07, 6.45) is -0.0566. The maximum atomic E-state index is 12.3. The van der Waals surface area contributed by atoms with E-state index in [9.17, 15) is 18.0 Å². The Morgan fingerprint density at radius 3 is 2.55 bits per heavy atom. The van der Waals surface area contributed by atoms with Crippen LogP contribution in [0.3, 0.4) is 0 Å². The molecule has 7 heteroatoms. The smallest absolute Gasteiger partial charge is 0.372 e. The average Bonchev–Trinajstić information content (AvgIpc) is 3.09. The molecule has 0 unspecified atom stereocenters. The lowest BCUT2D eigenvalue weighted by Gasteiger charge is -2.34. The van der Waals surface area contributed by atoms with E-state index in [0.29, 0.717) is 6.04 Å². The number of halogens is 3. The molecule has 128 valence electrons. The van der Waals surface area contributed by atoms with Crippen molar-refractivity contribution in [2.24, 2.45) is 0 Å².